The third-order valence-electron chi connectivity index (χ3n) is 0.667. The lowest BCUT2D eigenvalue weighted by atomic mass is 10.4. The summed E-state index contributed by atoms with van der Waals surface area (Å²) in [6.07, 6.45) is 0. The fourth-order valence-electron chi connectivity index (χ4n) is 0.385. The van der Waals surface area contributed by atoms with Crippen molar-refractivity contribution in [3.8, 4) is 0 Å². The Morgan fingerprint density at radius 3 is 1.20 bits per heavy atom. The van der Waals surface area contributed by atoms with E-state index >= 15 is 0 Å². The Hall–Kier alpha value is -1.02. The lowest BCUT2D eigenvalue weighted by Gasteiger charge is -1.69. The van der Waals surface area contributed by atoms with E-state index in [2.05, 4.69) is 11.6 Å². The van der Waals surface area contributed by atoms with Crippen molar-refractivity contribution in [2.45, 2.75) is 0 Å². The molecule has 1 aromatic rings. The van der Waals surface area contributed by atoms with Crippen molar-refractivity contribution in [1.29, 1.82) is 0 Å². The molecule has 0 aliphatic rings. The van der Waals surface area contributed by atoms with Crippen molar-refractivity contribution in [2.75, 3.05) is 0 Å². The minimum absolute atomic E-state index is 1.36. The molecule has 0 aliphatic carbocycles. The normalized spacial score (nSPS) is 7.30. The Labute approximate surface area is 64.1 Å². The highest BCUT2D eigenvalue weighted by Gasteiger charge is 1.71. The maximum atomic E-state index is 8.77. The van der Waals surface area contributed by atoms with Gasteiger partial charge < -0.3 is 5.11 Å². The van der Waals surface area contributed by atoms with Gasteiger partial charge in [0.2, 0.25) is 0 Å². The van der Waals surface area contributed by atoms with Gasteiger partial charge in [0.1, 0.15) is 0 Å². The van der Waals surface area contributed by atoms with E-state index in [0.29, 0.717) is 0 Å². The van der Waals surface area contributed by atoms with Gasteiger partial charge in [-0.15, -0.1) is 0 Å². The Morgan fingerprint density at radius 1 is 1.00 bits per heavy atom. The molecular weight excluding hydrogens is 152 g/mol. The highest BCUT2D eigenvalue weighted by atomic mass is 35.5. The van der Waals surface area contributed by atoms with Crippen LogP contribution in [0.4, 0.5) is 4.79 Å². The van der Waals surface area contributed by atoms with Crippen LogP contribution >= 0.6 is 11.6 Å². The van der Waals surface area contributed by atoms with Crippen molar-refractivity contribution in [3.05, 3.63) is 36.4 Å². The SMILES string of the molecule is O=C(O)Cl.c1ccccc1. The van der Waals surface area contributed by atoms with Crippen LogP contribution in [0.15, 0.2) is 36.4 Å². The molecular formula is C7H7ClO2. The van der Waals surface area contributed by atoms with Gasteiger partial charge in [-0.2, -0.15) is 0 Å². The molecule has 0 fully saturated rings. The van der Waals surface area contributed by atoms with Gasteiger partial charge >= 0.3 is 5.43 Å². The summed E-state index contributed by atoms with van der Waals surface area (Å²) in [5.74, 6) is 0. The maximum absolute atomic E-state index is 8.77. The molecule has 1 N–H and O–H groups in total. The molecule has 54 valence electrons. The second kappa shape index (κ2) is 6.11. The van der Waals surface area contributed by atoms with E-state index in [9.17, 15) is 0 Å². The second-order valence-corrected chi connectivity index (χ2v) is 1.73. The van der Waals surface area contributed by atoms with Crippen LogP contribution < -0.4 is 0 Å². The van der Waals surface area contributed by atoms with Gasteiger partial charge in [0.25, 0.3) is 0 Å². The van der Waals surface area contributed by atoms with Crippen LogP contribution in [0, 0.1) is 0 Å². The quantitative estimate of drug-likeness (QED) is 0.590. The van der Waals surface area contributed by atoms with Gasteiger partial charge in [-0.25, -0.2) is 4.79 Å². The zero-order chi connectivity index (χ0) is 7.82. The van der Waals surface area contributed by atoms with E-state index in [1.54, 1.807) is 0 Å². The first-order chi connectivity index (χ1) is 4.73. The summed E-state index contributed by atoms with van der Waals surface area (Å²) in [5, 5.41) is 7.18. The third kappa shape index (κ3) is 10.1. The van der Waals surface area contributed by atoms with E-state index < -0.39 is 5.43 Å². The van der Waals surface area contributed by atoms with Crippen molar-refractivity contribution in [2.24, 2.45) is 0 Å². The van der Waals surface area contributed by atoms with E-state index in [-0.39, 0.29) is 0 Å². The Balaban J connectivity index is 0.000000180. The monoisotopic (exact) mass is 158 g/mol. The highest BCUT2D eigenvalue weighted by Crippen LogP contribution is 1.79. The molecule has 0 amide bonds. The zero-order valence-corrected chi connectivity index (χ0v) is 5.95. The summed E-state index contributed by atoms with van der Waals surface area (Å²) < 4.78 is 0. The van der Waals surface area contributed by atoms with Crippen molar-refractivity contribution in [3.63, 3.8) is 0 Å². The Kier molecular flexibility index (Phi) is 5.48. The summed E-state index contributed by atoms with van der Waals surface area (Å²) >= 11 is 4.19. The molecule has 10 heavy (non-hydrogen) atoms. The highest BCUT2D eigenvalue weighted by molar-refractivity contribution is 6.60. The number of halogens is 1. The van der Waals surface area contributed by atoms with Crippen LogP contribution in [0.1, 0.15) is 0 Å². The molecule has 0 saturated carbocycles. The Bertz CT molecular complexity index is 144. The number of hydrogen-bond acceptors (Lipinski definition) is 1. The number of rotatable bonds is 0. The molecule has 1 rings (SSSR count). The predicted octanol–water partition coefficient (Wildman–Crippen LogP) is 2.59. The zero-order valence-electron chi connectivity index (χ0n) is 5.20. The molecule has 0 atom stereocenters. The molecule has 0 radical (unpaired) electrons. The lowest BCUT2D eigenvalue weighted by Crippen LogP contribution is -1.66. The van der Waals surface area contributed by atoms with Crippen molar-refractivity contribution < 1.29 is 9.90 Å². The smallest absolute Gasteiger partial charge is 0.401 e. The van der Waals surface area contributed by atoms with Crippen LogP contribution in [-0.2, 0) is 0 Å². The van der Waals surface area contributed by atoms with Gasteiger partial charge in [0, 0.05) is 11.6 Å². The molecule has 0 bridgehead atoms. The minimum atomic E-state index is -1.36. The van der Waals surface area contributed by atoms with Crippen molar-refractivity contribution >= 4 is 17.0 Å². The molecule has 0 spiro atoms. The van der Waals surface area contributed by atoms with Crippen LogP contribution in [0.3, 0.4) is 0 Å². The topological polar surface area (TPSA) is 37.3 Å². The summed E-state index contributed by atoms with van der Waals surface area (Å²) in [6.45, 7) is 0. The third-order valence-corrected chi connectivity index (χ3v) is 0.667. The van der Waals surface area contributed by atoms with Crippen LogP contribution in [0.5, 0.6) is 0 Å². The lowest BCUT2D eigenvalue weighted by molar-refractivity contribution is 0.220. The molecule has 0 saturated heterocycles. The first-order valence-electron chi connectivity index (χ1n) is 2.62. The Morgan fingerprint density at radius 2 is 1.10 bits per heavy atom. The largest absolute Gasteiger partial charge is 0.469 e. The summed E-state index contributed by atoms with van der Waals surface area (Å²) in [6, 6.07) is 12.0. The van der Waals surface area contributed by atoms with Gasteiger partial charge in [-0.05, 0) is 0 Å². The number of benzene rings is 1. The summed E-state index contributed by atoms with van der Waals surface area (Å²) in [4.78, 5) is 8.77. The van der Waals surface area contributed by atoms with E-state index in [4.69, 9.17) is 9.90 Å². The average molecular weight is 159 g/mol. The fourth-order valence-corrected chi connectivity index (χ4v) is 0.385. The average Bonchev–Trinajstić information content (AvgIpc) is 1.90. The minimum Gasteiger partial charge on any atom is -0.469 e. The van der Waals surface area contributed by atoms with Gasteiger partial charge in [-0.3, -0.25) is 0 Å². The first-order valence-corrected chi connectivity index (χ1v) is 2.99. The predicted molar refractivity (Wildman–Crippen MR) is 40.3 cm³/mol. The fraction of sp³-hybridized carbons (Fsp3) is 0. The van der Waals surface area contributed by atoms with Crippen molar-refractivity contribution in [1.82, 2.24) is 0 Å². The number of hydrogen-bond donors (Lipinski definition) is 1. The van der Waals surface area contributed by atoms with Gasteiger partial charge in [0.05, 0.1) is 0 Å². The molecule has 2 nitrogen and oxygen atoms in total. The van der Waals surface area contributed by atoms with Gasteiger partial charge in [0.15, 0.2) is 0 Å². The van der Waals surface area contributed by atoms with E-state index in [1.165, 1.54) is 0 Å². The van der Waals surface area contributed by atoms with E-state index in [1.807, 2.05) is 36.4 Å². The van der Waals surface area contributed by atoms with Crippen LogP contribution in [-0.4, -0.2) is 10.5 Å². The maximum Gasteiger partial charge on any atom is 0.401 e. The molecule has 1 aromatic carbocycles. The molecule has 3 heteroatoms. The first kappa shape index (κ1) is 8.98. The second-order valence-electron chi connectivity index (χ2n) is 1.41. The van der Waals surface area contributed by atoms with Crippen LogP contribution in [0.25, 0.3) is 0 Å². The van der Waals surface area contributed by atoms with Gasteiger partial charge in [-0.1, -0.05) is 36.4 Å². The molecule has 0 heterocycles. The van der Waals surface area contributed by atoms with E-state index in [0.717, 1.165) is 0 Å². The summed E-state index contributed by atoms with van der Waals surface area (Å²) in [5.41, 5.74) is -1.36. The number of carbonyl (C=O) groups is 1. The molecule has 0 aliphatic heterocycles. The van der Waals surface area contributed by atoms with Crippen LogP contribution in [0.2, 0.25) is 0 Å². The number of carboxylic acid groups (broad SMARTS) is 1. The standard InChI is InChI=1S/C6H6.CHClO2/c1-2-4-6-5-3-1;2-1(3)4/h1-6H;(H,3,4). The summed E-state index contributed by atoms with van der Waals surface area (Å²) in [7, 11) is 0. The molecule has 0 unspecified atom stereocenters. The molecule has 0 aromatic heterocycles.